The van der Waals surface area contributed by atoms with Gasteiger partial charge in [-0.15, -0.1) is 11.3 Å². The molecule has 2 aromatic heterocycles. The lowest BCUT2D eigenvalue weighted by Gasteiger charge is -2.04. The van der Waals surface area contributed by atoms with Crippen LogP contribution in [0.3, 0.4) is 0 Å². The highest BCUT2D eigenvalue weighted by atomic mass is 32.1. The minimum Gasteiger partial charge on any atom is -0.330 e. The molecule has 0 saturated carbocycles. The van der Waals surface area contributed by atoms with Gasteiger partial charge in [0.25, 0.3) is 0 Å². The van der Waals surface area contributed by atoms with E-state index in [9.17, 15) is 0 Å². The molecule has 0 fully saturated rings. The van der Waals surface area contributed by atoms with Crippen LogP contribution in [0, 0.1) is 20.8 Å². The summed E-state index contributed by atoms with van der Waals surface area (Å²) in [6.45, 7) is 11.5. The van der Waals surface area contributed by atoms with Crippen molar-refractivity contribution in [3.05, 3.63) is 39.1 Å². The van der Waals surface area contributed by atoms with Crippen molar-refractivity contribution in [2.75, 3.05) is 6.54 Å². The lowest BCUT2D eigenvalue weighted by molar-refractivity contribution is 0.732. The summed E-state index contributed by atoms with van der Waals surface area (Å²) in [5.74, 6) is 0. The van der Waals surface area contributed by atoms with Gasteiger partial charge in [-0.1, -0.05) is 6.92 Å². The summed E-state index contributed by atoms with van der Waals surface area (Å²) < 4.78 is 2.22. The highest BCUT2D eigenvalue weighted by Crippen LogP contribution is 2.23. The molecule has 0 bridgehead atoms. The van der Waals surface area contributed by atoms with E-state index in [0.29, 0.717) is 0 Å². The zero-order chi connectivity index (χ0) is 13.1. The molecule has 0 aliphatic heterocycles. The molecule has 0 aromatic carbocycles. The highest BCUT2D eigenvalue weighted by molar-refractivity contribution is 7.12. The Balaban J connectivity index is 2.14. The molecule has 18 heavy (non-hydrogen) atoms. The Labute approximate surface area is 113 Å². The molecule has 0 atom stereocenters. The van der Waals surface area contributed by atoms with E-state index in [1.807, 2.05) is 17.7 Å². The molecule has 2 heterocycles. The van der Waals surface area contributed by atoms with Crippen molar-refractivity contribution in [2.24, 2.45) is 0 Å². The number of nitrogens with one attached hydrogen (secondary N) is 1. The Morgan fingerprint density at radius 1 is 1.33 bits per heavy atom. The molecule has 98 valence electrons. The van der Waals surface area contributed by atoms with E-state index in [2.05, 4.69) is 48.6 Å². The molecular weight excluding hydrogens is 242 g/mol. The number of hydrogen-bond acceptors (Lipinski definition) is 3. The monoisotopic (exact) mass is 263 g/mol. The quantitative estimate of drug-likeness (QED) is 0.898. The van der Waals surface area contributed by atoms with Crippen LogP contribution in [0.25, 0.3) is 0 Å². The summed E-state index contributed by atoms with van der Waals surface area (Å²) in [6.07, 6.45) is 1.94. The molecule has 0 spiro atoms. The number of aromatic nitrogens is 2. The topological polar surface area (TPSA) is 29.9 Å². The standard InChI is InChI=1S/C14H21N3S/c1-5-15-7-14-6-13(12(4)18-14)8-17-9-16-10(2)11(17)3/h6,9,15H,5,7-8H2,1-4H3. The van der Waals surface area contributed by atoms with Crippen LogP contribution in [0.15, 0.2) is 12.4 Å². The number of aryl methyl sites for hydroxylation is 2. The van der Waals surface area contributed by atoms with Crippen LogP contribution >= 0.6 is 11.3 Å². The Hall–Kier alpha value is -1.13. The number of hydrogen-bond donors (Lipinski definition) is 1. The summed E-state index contributed by atoms with van der Waals surface area (Å²) in [5, 5.41) is 3.38. The van der Waals surface area contributed by atoms with Crippen molar-refractivity contribution in [3.63, 3.8) is 0 Å². The Kier molecular flexibility index (Phi) is 4.19. The normalized spacial score (nSPS) is 11.1. The first kappa shape index (κ1) is 13.3. The van der Waals surface area contributed by atoms with Gasteiger partial charge in [-0.05, 0) is 38.9 Å². The molecule has 1 N–H and O–H groups in total. The van der Waals surface area contributed by atoms with Crippen molar-refractivity contribution in [1.82, 2.24) is 14.9 Å². The van der Waals surface area contributed by atoms with E-state index in [1.54, 1.807) is 0 Å². The van der Waals surface area contributed by atoms with Crippen LogP contribution in [0.2, 0.25) is 0 Å². The van der Waals surface area contributed by atoms with Gasteiger partial charge in [0.1, 0.15) is 0 Å². The van der Waals surface area contributed by atoms with E-state index in [1.165, 1.54) is 21.0 Å². The van der Waals surface area contributed by atoms with Crippen molar-refractivity contribution in [1.29, 1.82) is 0 Å². The van der Waals surface area contributed by atoms with E-state index in [-0.39, 0.29) is 0 Å². The first-order chi connectivity index (χ1) is 8.61. The molecule has 3 nitrogen and oxygen atoms in total. The fourth-order valence-electron chi connectivity index (χ4n) is 1.97. The van der Waals surface area contributed by atoms with E-state index < -0.39 is 0 Å². The van der Waals surface area contributed by atoms with Crippen LogP contribution in [-0.4, -0.2) is 16.1 Å². The zero-order valence-corrected chi connectivity index (χ0v) is 12.4. The van der Waals surface area contributed by atoms with Gasteiger partial charge < -0.3 is 9.88 Å². The number of rotatable bonds is 5. The predicted octanol–water partition coefficient (Wildman–Crippen LogP) is 3.03. The van der Waals surface area contributed by atoms with Crippen LogP contribution in [0.5, 0.6) is 0 Å². The maximum absolute atomic E-state index is 4.35. The van der Waals surface area contributed by atoms with Gasteiger partial charge in [0, 0.05) is 28.5 Å². The van der Waals surface area contributed by atoms with Crippen LogP contribution in [0.1, 0.15) is 33.6 Å². The van der Waals surface area contributed by atoms with Gasteiger partial charge in [-0.3, -0.25) is 0 Å². The second-order valence-corrected chi connectivity index (χ2v) is 5.96. The van der Waals surface area contributed by atoms with Crippen molar-refractivity contribution in [3.8, 4) is 0 Å². The third-order valence-electron chi connectivity index (χ3n) is 3.31. The number of nitrogens with zero attached hydrogens (tertiary/aromatic N) is 2. The molecule has 0 aliphatic rings. The molecular formula is C14H21N3S. The lowest BCUT2D eigenvalue weighted by Crippen LogP contribution is -2.10. The summed E-state index contributed by atoms with van der Waals surface area (Å²) in [5.41, 5.74) is 3.79. The molecule has 0 aliphatic carbocycles. The molecule has 2 aromatic rings. The molecule has 4 heteroatoms. The van der Waals surface area contributed by atoms with Gasteiger partial charge >= 0.3 is 0 Å². The second kappa shape index (κ2) is 5.67. The Morgan fingerprint density at radius 3 is 2.72 bits per heavy atom. The fraction of sp³-hybridized carbons (Fsp3) is 0.500. The average Bonchev–Trinajstić information content (AvgIpc) is 2.85. The van der Waals surface area contributed by atoms with Gasteiger partial charge in [0.2, 0.25) is 0 Å². The zero-order valence-electron chi connectivity index (χ0n) is 11.6. The largest absolute Gasteiger partial charge is 0.330 e. The highest BCUT2D eigenvalue weighted by Gasteiger charge is 2.08. The van der Waals surface area contributed by atoms with Gasteiger partial charge in [-0.25, -0.2) is 4.98 Å². The molecule has 0 radical (unpaired) electrons. The first-order valence-corrected chi connectivity index (χ1v) is 7.20. The number of thiophene rings is 1. The smallest absolute Gasteiger partial charge is 0.0954 e. The second-order valence-electron chi connectivity index (χ2n) is 4.62. The van der Waals surface area contributed by atoms with Crippen molar-refractivity contribution >= 4 is 11.3 Å². The van der Waals surface area contributed by atoms with Crippen LogP contribution < -0.4 is 5.32 Å². The maximum Gasteiger partial charge on any atom is 0.0954 e. The molecule has 0 unspecified atom stereocenters. The SMILES string of the molecule is CCNCc1cc(Cn2cnc(C)c2C)c(C)s1. The van der Waals surface area contributed by atoms with Gasteiger partial charge in [0.05, 0.1) is 12.0 Å². The summed E-state index contributed by atoms with van der Waals surface area (Å²) in [7, 11) is 0. The Morgan fingerprint density at radius 2 is 2.11 bits per heavy atom. The minimum atomic E-state index is 0.932. The summed E-state index contributed by atoms with van der Waals surface area (Å²) in [6, 6.07) is 2.32. The molecule has 0 amide bonds. The van der Waals surface area contributed by atoms with Gasteiger partial charge in [-0.2, -0.15) is 0 Å². The molecule has 2 rings (SSSR count). The minimum absolute atomic E-state index is 0.932. The van der Waals surface area contributed by atoms with Crippen LogP contribution in [0.4, 0.5) is 0 Å². The first-order valence-electron chi connectivity index (χ1n) is 6.39. The van der Waals surface area contributed by atoms with Crippen molar-refractivity contribution < 1.29 is 0 Å². The van der Waals surface area contributed by atoms with E-state index in [0.717, 1.165) is 25.3 Å². The third kappa shape index (κ3) is 2.82. The molecule has 0 saturated heterocycles. The van der Waals surface area contributed by atoms with E-state index >= 15 is 0 Å². The maximum atomic E-state index is 4.35. The third-order valence-corrected chi connectivity index (χ3v) is 4.40. The predicted molar refractivity (Wildman–Crippen MR) is 77.2 cm³/mol. The average molecular weight is 263 g/mol. The summed E-state index contributed by atoms with van der Waals surface area (Å²) in [4.78, 5) is 7.18. The van der Waals surface area contributed by atoms with Crippen molar-refractivity contribution in [2.45, 2.75) is 40.8 Å². The van der Waals surface area contributed by atoms with E-state index in [4.69, 9.17) is 0 Å². The van der Waals surface area contributed by atoms with Crippen LogP contribution in [-0.2, 0) is 13.1 Å². The fourth-order valence-corrected chi connectivity index (χ4v) is 2.99. The summed E-state index contributed by atoms with van der Waals surface area (Å²) >= 11 is 1.89. The number of imidazole rings is 1. The Bertz CT molecular complexity index is 525. The lowest BCUT2D eigenvalue weighted by atomic mass is 10.2. The van der Waals surface area contributed by atoms with Gasteiger partial charge in [0.15, 0.2) is 0 Å².